The predicted octanol–water partition coefficient (Wildman–Crippen LogP) is -2.11. The maximum Gasteiger partial charge on any atom is 0.229 e. The summed E-state index contributed by atoms with van der Waals surface area (Å²) in [5.41, 5.74) is -0.382. The van der Waals surface area contributed by atoms with Crippen LogP contribution in [-0.4, -0.2) is 135 Å². The van der Waals surface area contributed by atoms with Crippen molar-refractivity contribution < 1.29 is 78.8 Å². The van der Waals surface area contributed by atoms with Crippen LogP contribution in [0, 0.1) is 0 Å². The van der Waals surface area contributed by atoms with Gasteiger partial charge in [-0.3, -0.25) is 4.79 Å². The van der Waals surface area contributed by atoms with E-state index in [1.165, 1.54) is 32.4 Å². The highest BCUT2D eigenvalue weighted by Gasteiger charge is 2.48. The molecule has 5 rings (SSSR count). The van der Waals surface area contributed by atoms with Crippen LogP contribution in [0.3, 0.4) is 0 Å². The Morgan fingerprint density at radius 1 is 0.783 bits per heavy atom. The number of rotatable bonds is 9. The van der Waals surface area contributed by atoms with Gasteiger partial charge in [0, 0.05) is 6.07 Å². The van der Waals surface area contributed by atoms with Gasteiger partial charge >= 0.3 is 0 Å². The lowest BCUT2D eigenvalue weighted by atomic mass is 9.98. The zero-order valence-corrected chi connectivity index (χ0v) is 24.4. The van der Waals surface area contributed by atoms with Gasteiger partial charge in [-0.1, -0.05) is 6.07 Å². The summed E-state index contributed by atoms with van der Waals surface area (Å²) in [7, 11) is 2.57. The number of aromatic hydroxyl groups is 2. The van der Waals surface area contributed by atoms with Crippen LogP contribution in [0.25, 0.3) is 22.1 Å². The third kappa shape index (κ3) is 6.05. The molecule has 17 heteroatoms. The molecule has 10 atom stereocenters. The first-order valence-corrected chi connectivity index (χ1v) is 13.9. The van der Waals surface area contributed by atoms with E-state index in [0.717, 1.165) is 12.3 Å². The Bertz CT molecular complexity index is 1590. The van der Waals surface area contributed by atoms with Crippen LogP contribution in [0.15, 0.2) is 39.7 Å². The van der Waals surface area contributed by atoms with Crippen LogP contribution in [0.5, 0.6) is 28.7 Å². The van der Waals surface area contributed by atoms with Crippen molar-refractivity contribution >= 4 is 11.0 Å². The van der Waals surface area contributed by atoms with Gasteiger partial charge in [-0.15, -0.1) is 0 Å². The molecule has 46 heavy (non-hydrogen) atoms. The van der Waals surface area contributed by atoms with Gasteiger partial charge in [0.1, 0.15) is 66.1 Å². The molecule has 2 fully saturated rings. The van der Waals surface area contributed by atoms with E-state index in [9.17, 15) is 50.8 Å². The number of aliphatic hydroxyl groups excluding tert-OH is 7. The highest BCUT2D eigenvalue weighted by Crippen LogP contribution is 2.42. The molecule has 9 N–H and O–H groups in total. The number of phenolic OH excluding ortho intramolecular Hbond substituents is 2. The molecule has 2 aliphatic rings. The SMILES string of the molecule is COc1cc2occ(-c3ccc(OC4OC(COC5OC(CO)C(O)C(O)C5O)C(O)C(O)C4O)c(O)c3)c(=O)c2c(OC)c1O. The minimum Gasteiger partial charge on any atom is -0.504 e. The van der Waals surface area contributed by atoms with Gasteiger partial charge in [0.05, 0.1) is 33.0 Å². The Kier molecular flexibility index (Phi) is 9.89. The van der Waals surface area contributed by atoms with Crippen LogP contribution in [0.4, 0.5) is 0 Å². The molecule has 1 aromatic heterocycles. The van der Waals surface area contributed by atoms with Crippen molar-refractivity contribution in [1.29, 1.82) is 0 Å². The molecule has 0 saturated carbocycles. The van der Waals surface area contributed by atoms with Gasteiger partial charge in [-0.2, -0.15) is 0 Å². The van der Waals surface area contributed by atoms with E-state index < -0.39 is 91.6 Å². The number of methoxy groups -OCH3 is 2. The molecule has 0 spiro atoms. The summed E-state index contributed by atoms with van der Waals surface area (Å²) < 4.78 is 37.7. The Balaban J connectivity index is 1.34. The number of benzene rings is 2. The Morgan fingerprint density at radius 3 is 2.07 bits per heavy atom. The van der Waals surface area contributed by atoms with E-state index in [0.29, 0.717) is 0 Å². The smallest absolute Gasteiger partial charge is 0.229 e. The van der Waals surface area contributed by atoms with Gasteiger partial charge in [0.25, 0.3) is 0 Å². The van der Waals surface area contributed by atoms with Crippen molar-refractivity contribution in [2.75, 3.05) is 27.4 Å². The third-order valence-electron chi connectivity index (χ3n) is 7.84. The summed E-state index contributed by atoms with van der Waals surface area (Å²) in [4.78, 5) is 13.4. The lowest BCUT2D eigenvalue weighted by molar-refractivity contribution is -0.323. The first-order valence-electron chi connectivity index (χ1n) is 13.9. The topological polar surface area (TPSA) is 268 Å². The fraction of sp³-hybridized carbons (Fsp3) is 0.483. The van der Waals surface area contributed by atoms with E-state index >= 15 is 0 Å². The average molecular weight is 655 g/mol. The van der Waals surface area contributed by atoms with Crippen LogP contribution in [0.1, 0.15) is 0 Å². The molecule has 3 aromatic rings. The number of phenols is 2. The van der Waals surface area contributed by atoms with Crippen LogP contribution >= 0.6 is 0 Å². The van der Waals surface area contributed by atoms with Crippen molar-refractivity contribution in [3.05, 3.63) is 40.8 Å². The molecular weight excluding hydrogens is 620 g/mol. The standard InChI is InChI=1S/C29H34O17/c1-40-15-6-14-18(27(41-2)22(15)35)19(32)11(8-42-14)10-3-4-13(12(31)5-10)44-29-26(39)24(37)21(34)17(46-29)9-43-28-25(38)23(36)20(33)16(7-30)45-28/h3-6,8,16-17,20-21,23-26,28-31,33-39H,7,9H2,1-2H3. The molecule has 0 aliphatic carbocycles. The second-order valence-corrected chi connectivity index (χ2v) is 10.7. The number of fused-ring (bicyclic) bond motifs is 1. The highest BCUT2D eigenvalue weighted by atomic mass is 16.7. The van der Waals surface area contributed by atoms with Crippen LogP contribution in [0.2, 0.25) is 0 Å². The van der Waals surface area contributed by atoms with E-state index in [2.05, 4.69) is 0 Å². The molecule has 2 aromatic carbocycles. The second-order valence-electron chi connectivity index (χ2n) is 10.7. The first kappa shape index (κ1) is 33.6. The van der Waals surface area contributed by atoms with Gasteiger partial charge in [0.2, 0.25) is 17.5 Å². The van der Waals surface area contributed by atoms with Crippen LogP contribution < -0.4 is 19.6 Å². The van der Waals surface area contributed by atoms with E-state index in [-0.39, 0.29) is 39.3 Å². The number of aliphatic hydroxyl groups is 7. The maximum atomic E-state index is 13.4. The number of hydrogen-bond acceptors (Lipinski definition) is 17. The number of ether oxygens (including phenoxy) is 6. The molecule has 0 amide bonds. The van der Waals surface area contributed by atoms with Crippen molar-refractivity contribution in [3.63, 3.8) is 0 Å². The fourth-order valence-electron chi connectivity index (χ4n) is 5.23. The minimum atomic E-state index is -1.82. The van der Waals surface area contributed by atoms with E-state index in [1.807, 2.05) is 0 Å². The lowest BCUT2D eigenvalue weighted by Crippen LogP contribution is -2.62. The summed E-state index contributed by atoms with van der Waals surface area (Å²) in [6.45, 7) is -1.28. The van der Waals surface area contributed by atoms with Crippen LogP contribution in [-0.2, 0) is 14.2 Å². The Labute approximate surface area is 259 Å². The van der Waals surface area contributed by atoms with Gasteiger partial charge in [0.15, 0.2) is 29.3 Å². The number of hydrogen-bond donors (Lipinski definition) is 9. The normalized spacial score (nSPS) is 31.5. The molecule has 10 unspecified atom stereocenters. The van der Waals surface area contributed by atoms with E-state index in [4.69, 9.17) is 32.8 Å². The Morgan fingerprint density at radius 2 is 1.43 bits per heavy atom. The van der Waals surface area contributed by atoms with Gasteiger partial charge in [-0.25, -0.2) is 0 Å². The molecule has 0 bridgehead atoms. The largest absolute Gasteiger partial charge is 0.504 e. The molecule has 2 saturated heterocycles. The molecule has 17 nitrogen and oxygen atoms in total. The minimum absolute atomic E-state index is 0.0184. The van der Waals surface area contributed by atoms with Crippen molar-refractivity contribution in [3.8, 4) is 39.9 Å². The Hall–Kier alpha value is -3.75. The fourth-order valence-corrected chi connectivity index (χ4v) is 5.23. The van der Waals surface area contributed by atoms with E-state index in [1.54, 1.807) is 0 Å². The molecule has 2 aliphatic heterocycles. The van der Waals surface area contributed by atoms with Crippen molar-refractivity contribution in [2.24, 2.45) is 0 Å². The van der Waals surface area contributed by atoms with Crippen molar-refractivity contribution in [1.82, 2.24) is 0 Å². The zero-order valence-electron chi connectivity index (χ0n) is 24.4. The summed E-state index contributed by atoms with van der Waals surface area (Å²) in [6.07, 6.45) is -15.2. The zero-order chi connectivity index (χ0) is 33.4. The second kappa shape index (κ2) is 13.5. The summed E-state index contributed by atoms with van der Waals surface area (Å²) >= 11 is 0. The lowest BCUT2D eigenvalue weighted by Gasteiger charge is -2.42. The molecule has 252 valence electrons. The van der Waals surface area contributed by atoms with Gasteiger partial charge in [-0.05, 0) is 17.7 Å². The highest BCUT2D eigenvalue weighted by molar-refractivity contribution is 5.91. The maximum absolute atomic E-state index is 13.4. The average Bonchev–Trinajstić information content (AvgIpc) is 3.05. The van der Waals surface area contributed by atoms with Crippen molar-refractivity contribution in [2.45, 2.75) is 61.4 Å². The predicted molar refractivity (Wildman–Crippen MR) is 151 cm³/mol. The summed E-state index contributed by atoms with van der Waals surface area (Å²) in [6, 6.07) is 5.09. The summed E-state index contributed by atoms with van der Waals surface area (Å²) in [5.74, 6) is -1.35. The van der Waals surface area contributed by atoms with Gasteiger partial charge < -0.3 is 78.8 Å². The quantitative estimate of drug-likeness (QED) is 0.119. The molecule has 0 radical (unpaired) electrons. The monoisotopic (exact) mass is 654 g/mol. The third-order valence-corrected chi connectivity index (χ3v) is 7.84. The first-order chi connectivity index (χ1) is 21.9. The summed E-state index contributed by atoms with van der Waals surface area (Å²) in [5, 5.41) is 91.9. The molecular formula is C29H34O17. The molecule has 3 heterocycles.